The predicted octanol–water partition coefficient (Wildman–Crippen LogP) is 4.16. The Hall–Kier alpha value is -1.03. The van der Waals surface area contributed by atoms with Crippen molar-refractivity contribution in [3.8, 4) is 0 Å². The summed E-state index contributed by atoms with van der Waals surface area (Å²) in [5, 5.41) is 5.25. The average molecular weight is 294 g/mol. The Morgan fingerprint density at radius 2 is 2.30 bits per heavy atom. The molecule has 0 aliphatic carbocycles. The monoisotopic (exact) mass is 293 g/mol. The summed E-state index contributed by atoms with van der Waals surface area (Å²) < 4.78 is 11.7. The minimum absolute atomic E-state index is 0.188. The number of hydrogen-bond donors (Lipinski definition) is 1. The molecule has 4 heteroatoms. The van der Waals surface area contributed by atoms with Crippen LogP contribution >= 0.6 is 11.6 Å². The maximum Gasteiger partial charge on any atom is 0.152 e. The van der Waals surface area contributed by atoms with Gasteiger partial charge < -0.3 is 14.5 Å². The molecule has 20 heavy (non-hydrogen) atoms. The van der Waals surface area contributed by atoms with Gasteiger partial charge in [0.25, 0.3) is 0 Å². The highest BCUT2D eigenvalue weighted by Gasteiger charge is 2.32. The molecule has 0 amide bonds. The Bertz CT molecular complexity index is 595. The molecular weight excluding hydrogens is 274 g/mol. The van der Waals surface area contributed by atoms with Crippen molar-refractivity contribution < 1.29 is 9.15 Å². The molecule has 1 aliphatic heterocycles. The van der Waals surface area contributed by atoms with E-state index in [-0.39, 0.29) is 6.04 Å². The van der Waals surface area contributed by atoms with Gasteiger partial charge in [-0.05, 0) is 32.0 Å². The first-order valence-electron chi connectivity index (χ1n) is 7.22. The van der Waals surface area contributed by atoms with E-state index < -0.39 is 0 Å². The number of furan rings is 1. The number of halogens is 1. The van der Waals surface area contributed by atoms with Gasteiger partial charge in [0, 0.05) is 11.3 Å². The minimum Gasteiger partial charge on any atom is -0.458 e. The molecule has 1 aromatic heterocycles. The standard InChI is InChI=1S/C16H20ClNO2/c1-3-18-15(12-7-10(2)19-9-12)14-8-11-5-4-6-13(17)16(11)20-14/h4-6,8,10,12,15,18H,3,7,9H2,1-2H3. The fourth-order valence-electron chi connectivity index (χ4n) is 3.00. The summed E-state index contributed by atoms with van der Waals surface area (Å²) in [6.07, 6.45) is 1.39. The Labute approximate surface area is 124 Å². The molecule has 0 radical (unpaired) electrons. The second-order valence-corrected chi connectivity index (χ2v) is 5.89. The van der Waals surface area contributed by atoms with E-state index in [1.54, 1.807) is 0 Å². The molecule has 1 aliphatic rings. The van der Waals surface area contributed by atoms with E-state index in [0.29, 0.717) is 17.0 Å². The molecule has 3 rings (SSSR count). The summed E-state index contributed by atoms with van der Waals surface area (Å²) in [5.41, 5.74) is 0.777. The lowest BCUT2D eigenvalue weighted by atomic mass is 9.95. The molecule has 1 aromatic carbocycles. The number of rotatable bonds is 4. The van der Waals surface area contributed by atoms with E-state index in [4.69, 9.17) is 20.8 Å². The van der Waals surface area contributed by atoms with Gasteiger partial charge in [0.1, 0.15) is 5.76 Å². The maximum atomic E-state index is 6.20. The summed E-state index contributed by atoms with van der Waals surface area (Å²) >= 11 is 6.20. The van der Waals surface area contributed by atoms with Crippen LogP contribution in [0, 0.1) is 5.92 Å². The summed E-state index contributed by atoms with van der Waals surface area (Å²) in [6.45, 7) is 5.92. The van der Waals surface area contributed by atoms with Gasteiger partial charge in [0.2, 0.25) is 0 Å². The zero-order chi connectivity index (χ0) is 14.1. The van der Waals surface area contributed by atoms with Crippen LogP contribution in [0.15, 0.2) is 28.7 Å². The zero-order valence-electron chi connectivity index (χ0n) is 11.9. The Morgan fingerprint density at radius 1 is 1.45 bits per heavy atom. The molecular formula is C16H20ClNO2. The highest BCUT2D eigenvalue weighted by Crippen LogP contribution is 2.36. The van der Waals surface area contributed by atoms with Crippen LogP contribution < -0.4 is 5.32 Å². The lowest BCUT2D eigenvalue weighted by molar-refractivity contribution is 0.116. The van der Waals surface area contributed by atoms with Crippen molar-refractivity contribution in [3.63, 3.8) is 0 Å². The van der Waals surface area contributed by atoms with E-state index in [2.05, 4.69) is 25.2 Å². The number of ether oxygens (including phenoxy) is 1. The van der Waals surface area contributed by atoms with Crippen LogP contribution in [-0.4, -0.2) is 19.3 Å². The summed E-state index contributed by atoms with van der Waals surface area (Å²) in [4.78, 5) is 0. The number of fused-ring (bicyclic) bond motifs is 1. The van der Waals surface area contributed by atoms with Crippen LogP contribution in [0.3, 0.4) is 0 Å². The van der Waals surface area contributed by atoms with Crippen LogP contribution in [0.25, 0.3) is 11.0 Å². The van der Waals surface area contributed by atoms with Gasteiger partial charge in [-0.1, -0.05) is 30.7 Å². The molecule has 2 heterocycles. The van der Waals surface area contributed by atoms with Crippen molar-refractivity contribution in [2.24, 2.45) is 5.92 Å². The first-order chi connectivity index (χ1) is 9.69. The first-order valence-corrected chi connectivity index (χ1v) is 7.59. The van der Waals surface area contributed by atoms with Crippen molar-refractivity contribution in [2.45, 2.75) is 32.4 Å². The molecule has 1 saturated heterocycles. The van der Waals surface area contributed by atoms with E-state index in [1.807, 2.05) is 18.2 Å². The van der Waals surface area contributed by atoms with Crippen molar-refractivity contribution in [2.75, 3.05) is 13.2 Å². The predicted molar refractivity (Wildman–Crippen MR) is 81.2 cm³/mol. The minimum atomic E-state index is 0.188. The summed E-state index contributed by atoms with van der Waals surface area (Å²) in [6, 6.07) is 8.13. The fraction of sp³-hybridized carbons (Fsp3) is 0.500. The van der Waals surface area contributed by atoms with Gasteiger partial charge >= 0.3 is 0 Å². The first kappa shape index (κ1) is 13.9. The maximum absolute atomic E-state index is 6.20. The van der Waals surface area contributed by atoms with E-state index in [0.717, 1.165) is 36.3 Å². The number of nitrogens with one attached hydrogen (secondary N) is 1. The Balaban J connectivity index is 1.94. The molecule has 3 nitrogen and oxygen atoms in total. The third-order valence-corrected chi connectivity index (χ3v) is 4.24. The molecule has 3 atom stereocenters. The Kier molecular flexibility index (Phi) is 4.01. The van der Waals surface area contributed by atoms with E-state index in [1.165, 1.54) is 0 Å². The fourth-order valence-corrected chi connectivity index (χ4v) is 3.22. The third-order valence-electron chi connectivity index (χ3n) is 3.95. The summed E-state index contributed by atoms with van der Waals surface area (Å²) in [7, 11) is 0. The van der Waals surface area contributed by atoms with Crippen molar-refractivity contribution in [1.29, 1.82) is 0 Å². The lowest BCUT2D eigenvalue weighted by Crippen LogP contribution is -2.28. The molecule has 0 bridgehead atoms. The van der Waals surface area contributed by atoms with Crippen molar-refractivity contribution in [1.82, 2.24) is 5.32 Å². The topological polar surface area (TPSA) is 34.4 Å². The smallest absolute Gasteiger partial charge is 0.152 e. The number of benzene rings is 1. The Morgan fingerprint density at radius 3 is 2.95 bits per heavy atom. The molecule has 0 spiro atoms. The number of hydrogen-bond acceptors (Lipinski definition) is 3. The molecule has 2 aromatic rings. The highest BCUT2D eigenvalue weighted by atomic mass is 35.5. The quantitative estimate of drug-likeness (QED) is 0.919. The molecule has 1 fully saturated rings. The molecule has 108 valence electrons. The van der Waals surface area contributed by atoms with Crippen molar-refractivity contribution in [3.05, 3.63) is 35.0 Å². The van der Waals surface area contributed by atoms with Crippen LogP contribution in [0.1, 0.15) is 32.1 Å². The van der Waals surface area contributed by atoms with E-state index in [9.17, 15) is 0 Å². The van der Waals surface area contributed by atoms with Crippen LogP contribution in [0.2, 0.25) is 5.02 Å². The summed E-state index contributed by atoms with van der Waals surface area (Å²) in [5.74, 6) is 1.40. The van der Waals surface area contributed by atoms with Gasteiger partial charge in [-0.3, -0.25) is 0 Å². The average Bonchev–Trinajstić information content (AvgIpc) is 3.03. The van der Waals surface area contributed by atoms with Crippen molar-refractivity contribution >= 4 is 22.6 Å². The third kappa shape index (κ3) is 2.58. The second kappa shape index (κ2) is 5.76. The SMILES string of the molecule is CCNC(c1cc2cccc(Cl)c2o1)C1COC(C)C1. The normalized spacial score (nSPS) is 24.4. The molecule has 3 unspecified atom stereocenters. The van der Waals surface area contributed by atoms with Gasteiger partial charge in [-0.15, -0.1) is 0 Å². The zero-order valence-corrected chi connectivity index (χ0v) is 12.6. The van der Waals surface area contributed by atoms with Gasteiger partial charge in [0.15, 0.2) is 5.58 Å². The number of para-hydroxylation sites is 1. The molecule has 0 saturated carbocycles. The van der Waals surface area contributed by atoms with E-state index >= 15 is 0 Å². The molecule has 1 N–H and O–H groups in total. The van der Waals surface area contributed by atoms with Gasteiger partial charge in [0.05, 0.1) is 23.8 Å². The van der Waals surface area contributed by atoms with Crippen LogP contribution in [0.4, 0.5) is 0 Å². The van der Waals surface area contributed by atoms with Gasteiger partial charge in [-0.25, -0.2) is 0 Å². The van der Waals surface area contributed by atoms with Gasteiger partial charge in [-0.2, -0.15) is 0 Å². The van der Waals surface area contributed by atoms with Crippen LogP contribution in [-0.2, 0) is 4.74 Å². The highest BCUT2D eigenvalue weighted by molar-refractivity contribution is 6.34. The lowest BCUT2D eigenvalue weighted by Gasteiger charge is -2.21. The second-order valence-electron chi connectivity index (χ2n) is 5.48. The van der Waals surface area contributed by atoms with Crippen LogP contribution in [0.5, 0.6) is 0 Å². The largest absolute Gasteiger partial charge is 0.458 e.